The first kappa shape index (κ1) is 15.6. The smallest absolute Gasteiger partial charge is 0.333 e. The summed E-state index contributed by atoms with van der Waals surface area (Å²) >= 11 is 0. The van der Waals surface area contributed by atoms with Crippen molar-refractivity contribution in [3.8, 4) is 5.75 Å². The molecule has 21 heavy (non-hydrogen) atoms. The van der Waals surface area contributed by atoms with Crippen LogP contribution in [0.4, 0.5) is 11.4 Å². The number of hydrogen-bond donors (Lipinski definition) is 2. The maximum absolute atomic E-state index is 11.3. The quantitative estimate of drug-likeness (QED) is 0.569. The molecule has 1 aromatic carbocycles. The maximum atomic E-state index is 11.3. The van der Waals surface area contributed by atoms with Crippen LogP contribution in [0.15, 0.2) is 18.2 Å². The Morgan fingerprint density at radius 1 is 1.48 bits per heavy atom. The highest BCUT2D eigenvalue weighted by molar-refractivity contribution is 5.68. The molecule has 0 atom stereocenters. The largest absolute Gasteiger partial charge is 0.484 e. The third kappa shape index (κ3) is 3.85. The molecule has 0 saturated heterocycles. The van der Waals surface area contributed by atoms with Gasteiger partial charge in [0.15, 0.2) is 5.75 Å². The number of ether oxygens (including phenoxy) is 1. The Morgan fingerprint density at radius 3 is 2.71 bits per heavy atom. The van der Waals surface area contributed by atoms with Crippen LogP contribution in [-0.2, 0) is 0 Å². The average molecular weight is 294 g/mol. The molecule has 1 saturated carbocycles. The van der Waals surface area contributed by atoms with E-state index < -0.39 is 4.92 Å². The number of aliphatic hydroxyl groups is 1. The average Bonchev–Trinajstić information content (AvgIpc) is 3.16. The van der Waals surface area contributed by atoms with E-state index in [2.05, 4.69) is 5.32 Å². The Kier molecular flexibility index (Phi) is 4.67. The van der Waals surface area contributed by atoms with Gasteiger partial charge in [-0.1, -0.05) is 6.07 Å². The summed E-state index contributed by atoms with van der Waals surface area (Å²) in [7, 11) is 0. The molecule has 1 aliphatic carbocycles. The lowest BCUT2D eigenvalue weighted by Crippen LogP contribution is -2.17. The highest BCUT2D eigenvalue weighted by atomic mass is 16.6. The minimum absolute atomic E-state index is 0.0222. The Balaban J connectivity index is 2.16. The predicted molar refractivity (Wildman–Crippen MR) is 80.7 cm³/mol. The van der Waals surface area contributed by atoms with Gasteiger partial charge < -0.3 is 15.2 Å². The number of rotatable bonds is 8. The fourth-order valence-corrected chi connectivity index (χ4v) is 2.41. The van der Waals surface area contributed by atoms with Crippen molar-refractivity contribution in [1.29, 1.82) is 0 Å². The summed E-state index contributed by atoms with van der Waals surface area (Å²) in [6, 6.07) is 5.06. The first-order valence-electron chi connectivity index (χ1n) is 7.26. The number of hydrogen-bond acceptors (Lipinski definition) is 5. The Bertz CT molecular complexity index is 512. The number of nitrogens with one attached hydrogen (secondary N) is 1. The monoisotopic (exact) mass is 294 g/mol. The molecule has 1 aromatic rings. The lowest BCUT2D eigenvalue weighted by atomic mass is 10.0. The standard InChI is InChI=1S/C15H22N2O4/c1-11(2)21-13-5-3-4-12(14(13)17(19)20)16-10-15(6-7-15)8-9-18/h3-5,11,16,18H,6-10H2,1-2H3. The summed E-state index contributed by atoms with van der Waals surface area (Å²) in [5.41, 5.74) is 0.547. The van der Waals surface area contributed by atoms with Crippen LogP contribution in [0.2, 0.25) is 0 Å². The Labute approximate surface area is 124 Å². The van der Waals surface area contributed by atoms with Gasteiger partial charge in [-0.05, 0) is 50.7 Å². The molecule has 6 nitrogen and oxygen atoms in total. The van der Waals surface area contributed by atoms with Gasteiger partial charge in [-0.2, -0.15) is 0 Å². The normalized spacial score (nSPS) is 15.8. The fourth-order valence-electron chi connectivity index (χ4n) is 2.41. The lowest BCUT2D eigenvalue weighted by molar-refractivity contribution is -0.385. The highest BCUT2D eigenvalue weighted by Gasteiger charge is 2.42. The molecular formula is C15H22N2O4. The highest BCUT2D eigenvalue weighted by Crippen LogP contribution is 2.49. The van der Waals surface area contributed by atoms with Crippen molar-refractivity contribution >= 4 is 11.4 Å². The van der Waals surface area contributed by atoms with Crippen LogP contribution in [0, 0.1) is 15.5 Å². The zero-order valence-corrected chi connectivity index (χ0v) is 12.5. The second-order valence-electron chi connectivity index (χ2n) is 5.90. The molecule has 0 aliphatic heterocycles. The van der Waals surface area contributed by atoms with Gasteiger partial charge in [0.25, 0.3) is 0 Å². The van der Waals surface area contributed by atoms with Gasteiger partial charge in [0, 0.05) is 13.2 Å². The second-order valence-corrected chi connectivity index (χ2v) is 5.90. The maximum Gasteiger partial charge on any atom is 0.333 e. The zero-order valence-electron chi connectivity index (χ0n) is 12.5. The van der Waals surface area contributed by atoms with E-state index in [9.17, 15) is 10.1 Å². The molecule has 0 unspecified atom stereocenters. The number of para-hydroxylation sites is 1. The van der Waals surface area contributed by atoms with Crippen LogP contribution in [0.25, 0.3) is 0 Å². The van der Waals surface area contributed by atoms with Gasteiger partial charge >= 0.3 is 5.69 Å². The minimum Gasteiger partial charge on any atom is -0.484 e. The van der Waals surface area contributed by atoms with E-state index in [1.54, 1.807) is 18.2 Å². The van der Waals surface area contributed by atoms with E-state index in [1.165, 1.54) is 0 Å². The number of benzene rings is 1. The van der Waals surface area contributed by atoms with E-state index in [1.807, 2.05) is 13.8 Å². The van der Waals surface area contributed by atoms with E-state index in [-0.39, 0.29) is 29.6 Å². The summed E-state index contributed by atoms with van der Waals surface area (Å²) in [5.74, 6) is 0.284. The number of anilines is 1. The molecule has 0 amide bonds. The van der Waals surface area contributed by atoms with Crippen molar-refractivity contribution in [3.05, 3.63) is 28.3 Å². The van der Waals surface area contributed by atoms with Crippen molar-refractivity contribution in [3.63, 3.8) is 0 Å². The van der Waals surface area contributed by atoms with Crippen molar-refractivity contribution in [2.45, 2.75) is 39.2 Å². The van der Waals surface area contributed by atoms with Crippen molar-refractivity contribution in [1.82, 2.24) is 0 Å². The van der Waals surface area contributed by atoms with E-state index >= 15 is 0 Å². The van der Waals surface area contributed by atoms with Crippen LogP contribution in [0.5, 0.6) is 5.75 Å². The van der Waals surface area contributed by atoms with Gasteiger partial charge in [-0.25, -0.2) is 0 Å². The number of nitrogens with zero attached hydrogens (tertiary/aromatic N) is 1. The summed E-state index contributed by atoms with van der Waals surface area (Å²) in [6.45, 7) is 4.47. The third-order valence-electron chi connectivity index (χ3n) is 3.80. The summed E-state index contributed by atoms with van der Waals surface area (Å²) in [4.78, 5) is 10.9. The van der Waals surface area contributed by atoms with Crippen LogP contribution >= 0.6 is 0 Å². The zero-order chi connectivity index (χ0) is 15.5. The van der Waals surface area contributed by atoms with Crippen molar-refractivity contribution in [2.24, 2.45) is 5.41 Å². The van der Waals surface area contributed by atoms with Crippen LogP contribution in [-0.4, -0.2) is 29.3 Å². The minimum atomic E-state index is -0.411. The predicted octanol–water partition coefficient (Wildman–Crippen LogP) is 2.96. The molecule has 116 valence electrons. The summed E-state index contributed by atoms with van der Waals surface area (Å²) in [6.07, 6.45) is 2.71. The molecule has 2 N–H and O–H groups in total. The molecule has 0 radical (unpaired) electrons. The van der Waals surface area contributed by atoms with Crippen molar-refractivity contribution in [2.75, 3.05) is 18.5 Å². The number of nitro benzene ring substituents is 1. The molecule has 0 heterocycles. The Morgan fingerprint density at radius 2 is 2.19 bits per heavy atom. The molecule has 2 rings (SSSR count). The molecule has 1 fully saturated rings. The summed E-state index contributed by atoms with van der Waals surface area (Å²) < 4.78 is 5.52. The number of aliphatic hydroxyl groups excluding tert-OH is 1. The van der Waals surface area contributed by atoms with Gasteiger partial charge in [-0.3, -0.25) is 10.1 Å². The van der Waals surface area contributed by atoms with E-state index in [0.717, 1.165) is 19.3 Å². The molecule has 6 heteroatoms. The fraction of sp³-hybridized carbons (Fsp3) is 0.600. The SMILES string of the molecule is CC(C)Oc1cccc(NCC2(CCO)CC2)c1[N+](=O)[O-]. The third-order valence-corrected chi connectivity index (χ3v) is 3.80. The van der Waals surface area contributed by atoms with E-state index in [4.69, 9.17) is 9.84 Å². The topological polar surface area (TPSA) is 84.6 Å². The van der Waals surface area contributed by atoms with Crippen LogP contribution < -0.4 is 10.1 Å². The molecule has 0 spiro atoms. The lowest BCUT2D eigenvalue weighted by Gasteiger charge is -2.17. The van der Waals surface area contributed by atoms with Gasteiger partial charge in [0.05, 0.1) is 11.0 Å². The first-order chi connectivity index (χ1) is 9.97. The van der Waals surface area contributed by atoms with Crippen LogP contribution in [0.3, 0.4) is 0 Å². The molecular weight excluding hydrogens is 272 g/mol. The van der Waals surface area contributed by atoms with Crippen LogP contribution in [0.1, 0.15) is 33.1 Å². The second kappa shape index (κ2) is 6.30. The number of nitro groups is 1. The first-order valence-corrected chi connectivity index (χ1v) is 7.26. The molecule has 0 aromatic heterocycles. The van der Waals surface area contributed by atoms with Crippen molar-refractivity contribution < 1.29 is 14.8 Å². The van der Waals surface area contributed by atoms with Gasteiger partial charge in [0.1, 0.15) is 5.69 Å². The molecule has 0 bridgehead atoms. The van der Waals surface area contributed by atoms with Gasteiger partial charge in [-0.15, -0.1) is 0 Å². The van der Waals surface area contributed by atoms with Gasteiger partial charge in [0.2, 0.25) is 0 Å². The summed E-state index contributed by atoms with van der Waals surface area (Å²) in [5, 5.41) is 23.6. The Hall–Kier alpha value is -1.82. The molecule has 1 aliphatic rings. The van der Waals surface area contributed by atoms with E-state index in [0.29, 0.717) is 12.2 Å².